The topological polar surface area (TPSA) is 135 Å². The molecule has 0 aromatic carbocycles. The highest BCUT2D eigenvalue weighted by molar-refractivity contribution is 7.88. The van der Waals surface area contributed by atoms with Crippen LogP contribution in [0, 0.1) is 0 Å². The number of rotatable bonds is 4. The highest BCUT2D eigenvalue weighted by atomic mass is 32.2. The van der Waals surface area contributed by atoms with Gasteiger partial charge in [-0.25, -0.2) is 4.79 Å². The van der Waals surface area contributed by atoms with Crippen LogP contribution in [0.1, 0.15) is 34.6 Å². The molecule has 11 nitrogen and oxygen atoms in total. The highest BCUT2D eigenvalue weighted by Gasteiger charge is 2.74. The van der Waals surface area contributed by atoms with E-state index in [1.807, 2.05) is 0 Å². The van der Waals surface area contributed by atoms with Crippen LogP contribution >= 0.6 is 0 Å². The summed E-state index contributed by atoms with van der Waals surface area (Å²) in [6.45, 7) is 6.83. The smallest absolute Gasteiger partial charge is 0.444 e. The number of hydrogen-bond donors (Lipinski definition) is 0. The van der Waals surface area contributed by atoms with Gasteiger partial charge in [0.15, 0.2) is 5.79 Å². The van der Waals surface area contributed by atoms with Gasteiger partial charge in [-0.1, -0.05) is 0 Å². The number of amides is 1. The van der Waals surface area contributed by atoms with Gasteiger partial charge in [-0.05, 0) is 34.6 Å². The molecular weight excluding hydrogens is 544 g/mol. The molecule has 1 amide bonds. The second kappa shape index (κ2) is 8.04. The Morgan fingerprint density at radius 3 is 1.43 bits per heavy atom. The molecule has 19 heteroatoms. The van der Waals surface area contributed by atoms with Crippen LogP contribution in [0.25, 0.3) is 0 Å². The average Bonchev–Trinajstić information content (AvgIpc) is 3.14. The number of hydrogen-bond acceptors (Lipinski definition) is 10. The molecule has 0 aromatic heterocycles. The molecule has 3 fully saturated rings. The normalized spacial score (nSPS) is 33.2. The van der Waals surface area contributed by atoms with Gasteiger partial charge in [-0.3, -0.25) is 13.3 Å². The van der Waals surface area contributed by atoms with E-state index in [1.54, 1.807) is 0 Å². The van der Waals surface area contributed by atoms with E-state index >= 15 is 0 Å². The zero-order valence-electron chi connectivity index (χ0n) is 18.6. The minimum atomic E-state index is -6.50. The maximum absolute atomic E-state index is 13.0. The van der Waals surface area contributed by atoms with Crippen molar-refractivity contribution in [3.8, 4) is 0 Å². The van der Waals surface area contributed by atoms with E-state index in [4.69, 9.17) is 14.2 Å². The molecule has 0 saturated carbocycles. The molecule has 6 atom stereocenters. The maximum atomic E-state index is 13.0. The number of fused-ring (bicyclic) bond motifs is 5. The van der Waals surface area contributed by atoms with Crippen molar-refractivity contribution in [1.82, 2.24) is 4.90 Å². The Morgan fingerprint density at radius 2 is 1.14 bits per heavy atom. The van der Waals surface area contributed by atoms with Crippen molar-refractivity contribution in [3.63, 3.8) is 0 Å². The van der Waals surface area contributed by atoms with Crippen molar-refractivity contribution in [2.45, 2.75) is 93.5 Å². The molecular formula is C16H21F6NO10S2. The van der Waals surface area contributed by atoms with E-state index in [0.717, 1.165) is 0 Å². The maximum Gasteiger partial charge on any atom is 0.523 e. The molecule has 0 aliphatic carbocycles. The van der Waals surface area contributed by atoms with Gasteiger partial charge in [-0.2, -0.15) is 43.2 Å². The van der Waals surface area contributed by atoms with E-state index in [1.165, 1.54) is 34.6 Å². The summed E-state index contributed by atoms with van der Waals surface area (Å²) in [5, 5.41) is 0. The van der Waals surface area contributed by atoms with Crippen molar-refractivity contribution in [1.29, 1.82) is 0 Å². The van der Waals surface area contributed by atoms with E-state index in [-0.39, 0.29) is 0 Å². The fourth-order valence-corrected chi connectivity index (χ4v) is 5.37. The quantitative estimate of drug-likeness (QED) is 0.283. The molecule has 3 rings (SSSR count). The summed E-state index contributed by atoms with van der Waals surface area (Å²) in [6, 6.07) is -3.79. The predicted molar refractivity (Wildman–Crippen MR) is 99.2 cm³/mol. The average molecular weight is 565 g/mol. The Labute approximate surface area is 195 Å². The molecule has 35 heavy (non-hydrogen) atoms. The van der Waals surface area contributed by atoms with Crippen LogP contribution < -0.4 is 0 Å². The molecule has 3 aliphatic rings. The van der Waals surface area contributed by atoms with Crippen LogP contribution in [0.15, 0.2) is 0 Å². The zero-order valence-corrected chi connectivity index (χ0v) is 20.2. The predicted octanol–water partition coefficient (Wildman–Crippen LogP) is 1.98. The third kappa shape index (κ3) is 5.07. The minimum Gasteiger partial charge on any atom is -0.444 e. The number of carbonyl (C=O) groups excluding carboxylic acids is 1. The van der Waals surface area contributed by atoms with E-state index in [9.17, 15) is 48.0 Å². The molecule has 0 aromatic rings. The lowest BCUT2D eigenvalue weighted by Gasteiger charge is -2.32. The van der Waals surface area contributed by atoms with E-state index < -0.39 is 85.2 Å². The van der Waals surface area contributed by atoms with Crippen LogP contribution in [-0.4, -0.2) is 86.7 Å². The number of alkyl halides is 6. The molecule has 3 aliphatic heterocycles. The molecule has 2 bridgehead atoms. The minimum absolute atomic E-state index is 0.531. The fourth-order valence-electron chi connectivity index (χ4n) is 4.12. The van der Waals surface area contributed by atoms with Crippen LogP contribution in [0.4, 0.5) is 31.1 Å². The molecule has 3 saturated heterocycles. The van der Waals surface area contributed by atoms with Gasteiger partial charge in [0, 0.05) is 0 Å². The third-order valence-corrected chi connectivity index (χ3v) is 7.21. The first-order valence-electron chi connectivity index (χ1n) is 9.75. The summed E-state index contributed by atoms with van der Waals surface area (Å²) < 4.78 is 150. The lowest BCUT2D eigenvalue weighted by molar-refractivity contribution is -0.163. The third-order valence-electron chi connectivity index (χ3n) is 5.12. The SMILES string of the molecule is CC(C)(C)OC(=O)N1[C@@H]2[C@H](OS(=O)(=O)C(F)(F)F)[C@H](OS(=O)(=O)C(F)(F)F)[C@H]1[C@@H]1OC(C)(C)O[C@@H]12. The van der Waals surface area contributed by atoms with E-state index in [2.05, 4.69) is 8.37 Å². The van der Waals surface area contributed by atoms with Gasteiger partial charge in [0.1, 0.15) is 30.0 Å². The summed E-state index contributed by atoms with van der Waals surface area (Å²) in [5.74, 6) is -1.49. The number of carbonyl (C=O) groups is 1. The Kier molecular flexibility index (Phi) is 6.47. The largest absolute Gasteiger partial charge is 0.523 e. The van der Waals surface area contributed by atoms with Crippen molar-refractivity contribution in [2.24, 2.45) is 0 Å². The number of nitrogens with zero attached hydrogens (tertiary/aromatic N) is 1. The number of halogens is 6. The number of ether oxygens (including phenoxy) is 3. The van der Waals surface area contributed by atoms with Crippen LogP contribution in [0.3, 0.4) is 0 Å². The molecule has 3 heterocycles. The molecule has 0 radical (unpaired) electrons. The first-order chi connectivity index (χ1) is 15.4. The zero-order chi connectivity index (χ0) is 27.2. The first kappa shape index (κ1) is 28.2. The Hall–Kier alpha value is -1.41. The van der Waals surface area contributed by atoms with Gasteiger partial charge in [0.25, 0.3) is 0 Å². The van der Waals surface area contributed by atoms with Crippen LogP contribution in [0.5, 0.6) is 0 Å². The molecule has 0 N–H and O–H groups in total. The molecule has 204 valence electrons. The Balaban J connectivity index is 2.14. The van der Waals surface area contributed by atoms with Crippen LogP contribution in [-0.2, 0) is 42.8 Å². The molecule has 0 spiro atoms. The summed E-state index contributed by atoms with van der Waals surface area (Å²) in [6.07, 6.45) is -9.36. The van der Waals surface area contributed by atoms with Gasteiger partial charge < -0.3 is 14.2 Å². The van der Waals surface area contributed by atoms with Gasteiger partial charge in [0.05, 0.1) is 12.1 Å². The summed E-state index contributed by atoms with van der Waals surface area (Å²) >= 11 is 0. The van der Waals surface area contributed by atoms with E-state index in [0.29, 0.717) is 4.90 Å². The summed E-state index contributed by atoms with van der Waals surface area (Å²) in [7, 11) is -13.0. The lowest BCUT2D eigenvalue weighted by Crippen LogP contribution is -2.55. The summed E-state index contributed by atoms with van der Waals surface area (Å²) in [4.78, 5) is 13.4. The summed E-state index contributed by atoms with van der Waals surface area (Å²) in [5.41, 5.74) is -13.3. The van der Waals surface area contributed by atoms with Crippen LogP contribution in [0.2, 0.25) is 0 Å². The second-order valence-electron chi connectivity index (χ2n) is 9.35. The van der Waals surface area contributed by atoms with Crippen molar-refractivity contribution >= 4 is 26.3 Å². The fraction of sp³-hybridized carbons (Fsp3) is 0.938. The standard InChI is InChI=1S/C16H21F6NO10S2/c1-13(2,3)31-12(24)23-6-8-9(30-14(4,5)29-8)7(23)11(33-35(27,28)16(20,21)22)10(6)32-34(25,26)15(17,18)19/h6-11H,1-5H3/t6-,7+,8+,9-,10-,11+. The Morgan fingerprint density at radius 1 is 0.800 bits per heavy atom. The Bertz CT molecular complexity index is 1010. The van der Waals surface area contributed by atoms with Gasteiger partial charge >= 0.3 is 37.3 Å². The lowest BCUT2D eigenvalue weighted by atomic mass is 9.90. The first-order valence-corrected chi connectivity index (χ1v) is 12.6. The van der Waals surface area contributed by atoms with Gasteiger partial charge in [0.2, 0.25) is 0 Å². The van der Waals surface area contributed by atoms with Crippen molar-refractivity contribution in [3.05, 3.63) is 0 Å². The monoisotopic (exact) mass is 565 g/mol. The van der Waals surface area contributed by atoms with Crippen molar-refractivity contribution < 1.29 is 70.5 Å². The molecule has 0 unspecified atom stereocenters. The highest BCUT2D eigenvalue weighted by Crippen LogP contribution is 2.52. The van der Waals surface area contributed by atoms with Gasteiger partial charge in [-0.15, -0.1) is 0 Å². The van der Waals surface area contributed by atoms with Crippen molar-refractivity contribution in [2.75, 3.05) is 0 Å². The second-order valence-corrected chi connectivity index (χ2v) is 12.5.